The van der Waals surface area contributed by atoms with Crippen molar-refractivity contribution in [3.63, 3.8) is 0 Å². The molecule has 1 amide bonds. The van der Waals surface area contributed by atoms with Crippen LogP contribution >= 0.6 is 0 Å². The van der Waals surface area contributed by atoms with Gasteiger partial charge in [-0.2, -0.15) is 5.26 Å². The van der Waals surface area contributed by atoms with Gasteiger partial charge in [-0.25, -0.2) is 5.43 Å². The van der Waals surface area contributed by atoms with Crippen LogP contribution in [0.1, 0.15) is 36.5 Å². The van der Waals surface area contributed by atoms with Gasteiger partial charge in [0.05, 0.1) is 6.07 Å². The monoisotopic (exact) mass is 231 g/mol. The molecule has 4 nitrogen and oxygen atoms in total. The van der Waals surface area contributed by atoms with Crippen LogP contribution in [0.4, 0.5) is 0 Å². The molecule has 0 saturated heterocycles. The Morgan fingerprint density at radius 1 is 1.41 bits per heavy atom. The summed E-state index contributed by atoms with van der Waals surface area (Å²) >= 11 is 0. The van der Waals surface area contributed by atoms with Gasteiger partial charge in [-0.15, -0.1) is 0 Å². The van der Waals surface area contributed by atoms with E-state index in [0.717, 1.165) is 12.8 Å². The highest BCUT2D eigenvalue weighted by Gasteiger charge is 2.21. The molecular weight excluding hydrogens is 214 g/mol. The standard InChI is InChI=1S/C10H12N2O.C3H5N/c13-10(12-11-9-6-7-9)8-4-2-1-3-5-8;1-2-3-4/h1-5,9,11H,6-7H2,(H,12,13);2H2,1H3. The van der Waals surface area contributed by atoms with Crippen molar-refractivity contribution in [1.82, 2.24) is 10.9 Å². The number of carbonyl (C=O) groups excluding carboxylic acids is 1. The fourth-order valence-corrected chi connectivity index (χ4v) is 1.06. The lowest BCUT2D eigenvalue weighted by atomic mass is 10.2. The van der Waals surface area contributed by atoms with Crippen molar-refractivity contribution in [2.75, 3.05) is 0 Å². The number of hydrogen-bond acceptors (Lipinski definition) is 3. The molecule has 0 unspecified atom stereocenters. The molecule has 17 heavy (non-hydrogen) atoms. The smallest absolute Gasteiger partial charge is 0.265 e. The fourth-order valence-electron chi connectivity index (χ4n) is 1.06. The third-order valence-electron chi connectivity index (χ3n) is 2.16. The maximum absolute atomic E-state index is 11.4. The number of rotatable bonds is 3. The number of hydrazine groups is 1. The van der Waals surface area contributed by atoms with Gasteiger partial charge >= 0.3 is 0 Å². The maximum atomic E-state index is 11.4. The normalized spacial score (nSPS) is 12.9. The Kier molecular flexibility index (Phi) is 5.76. The van der Waals surface area contributed by atoms with Gasteiger partial charge in [0, 0.05) is 18.0 Å². The lowest BCUT2D eigenvalue weighted by molar-refractivity contribution is 0.0932. The first-order chi connectivity index (χ1) is 8.27. The van der Waals surface area contributed by atoms with Crippen molar-refractivity contribution in [1.29, 1.82) is 5.26 Å². The minimum absolute atomic E-state index is 0.0625. The summed E-state index contributed by atoms with van der Waals surface area (Å²) in [5.74, 6) is -0.0625. The van der Waals surface area contributed by atoms with Crippen molar-refractivity contribution in [2.45, 2.75) is 32.2 Å². The molecule has 0 heterocycles. The highest BCUT2D eigenvalue weighted by atomic mass is 16.2. The van der Waals surface area contributed by atoms with E-state index in [9.17, 15) is 4.79 Å². The van der Waals surface area contributed by atoms with Gasteiger partial charge in [-0.05, 0) is 25.0 Å². The first-order valence-corrected chi connectivity index (χ1v) is 5.75. The van der Waals surface area contributed by atoms with Crippen LogP contribution in [0.3, 0.4) is 0 Å². The van der Waals surface area contributed by atoms with E-state index in [-0.39, 0.29) is 5.91 Å². The second-order valence-corrected chi connectivity index (χ2v) is 3.75. The second-order valence-electron chi connectivity index (χ2n) is 3.75. The van der Waals surface area contributed by atoms with Crippen molar-refractivity contribution in [3.8, 4) is 6.07 Å². The quantitative estimate of drug-likeness (QED) is 0.782. The number of hydrogen-bond donors (Lipinski definition) is 2. The van der Waals surface area contributed by atoms with E-state index in [2.05, 4.69) is 10.9 Å². The molecule has 90 valence electrons. The van der Waals surface area contributed by atoms with Gasteiger partial charge < -0.3 is 0 Å². The van der Waals surface area contributed by atoms with Gasteiger partial charge in [-0.3, -0.25) is 10.2 Å². The van der Waals surface area contributed by atoms with Crippen molar-refractivity contribution in [3.05, 3.63) is 35.9 Å². The zero-order valence-electron chi connectivity index (χ0n) is 9.94. The molecule has 1 fully saturated rings. The molecule has 1 aromatic rings. The fraction of sp³-hybridized carbons (Fsp3) is 0.385. The van der Waals surface area contributed by atoms with E-state index in [1.165, 1.54) is 0 Å². The molecule has 1 aliphatic carbocycles. The second kappa shape index (κ2) is 7.42. The van der Waals surface area contributed by atoms with Crippen LogP contribution in [0, 0.1) is 11.3 Å². The molecular formula is C13H17N3O. The average Bonchev–Trinajstić information content (AvgIpc) is 3.21. The summed E-state index contributed by atoms with van der Waals surface area (Å²) in [5.41, 5.74) is 6.32. The Balaban J connectivity index is 0.000000317. The molecule has 4 heteroatoms. The lowest BCUT2D eigenvalue weighted by Crippen LogP contribution is -2.38. The van der Waals surface area contributed by atoms with Crippen LogP contribution in [0.2, 0.25) is 0 Å². The highest BCUT2D eigenvalue weighted by molar-refractivity contribution is 5.93. The van der Waals surface area contributed by atoms with E-state index in [4.69, 9.17) is 5.26 Å². The van der Waals surface area contributed by atoms with E-state index >= 15 is 0 Å². The minimum Gasteiger partial charge on any atom is -0.287 e. The third kappa shape index (κ3) is 5.69. The van der Waals surface area contributed by atoms with E-state index in [1.807, 2.05) is 31.2 Å². The van der Waals surface area contributed by atoms with Gasteiger partial charge in [0.2, 0.25) is 0 Å². The highest BCUT2D eigenvalue weighted by Crippen LogP contribution is 2.17. The number of nitriles is 1. The average molecular weight is 231 g/mol. The van der Waals surface area contributed by atoms with Crippen molar-refractivity contribution in [2.24, 2.45) is 0 Å². The first kappa shape index (κ1) is 13.2. The number of amides is 1. The lowest BCUT2D eigenvalue weighted by Gasteiger charge is -2.04. The van der Waals surface area contributed by atoms with Crippen molar-refractivity contribution < 1.29 is 4.79 Å². The Morgan fingerprint density at radius 3 is 2.47 bits per heavy atom. The molecule has 2 rings (SSSR count). The molecule has 0 radical (unpaired) electrons. The maximum Gasteiger partial charge on any atom is 0.265 e. The largest absolute Gasteiger partial charge is 0.287 e. The summed E-state index contributed by atoms with van der Waals surface area (Å²) in [7, 11) is 0. The van der Waals surface area contributed by atoms with Gasteiger partial charge in [-0.1, -0.05) is 25.1 Å². The Labute approximate surface area is 102 Å². The summed E-state index contributed by atoms with van der Waals surface area (Å²) in [6, 6.07) is 11.6. The summed E-state index contributed by atoms with van der Waals surface area (Å²) in [5, 5.41) is 7.62. The van der Waals surface area contributed by atoms with Crippen LogP contribution in [0.5, 0.6) is 0 Å². The number of nitrogens with zero attached hydrogens (tertiary/aromatic N) is 1. The van der Waals surface area contributed by atoms with Crippen LogP contribution in [-0.2, 0) is 0 Å². The molecule has 1 aromatic carbocycles. The minimum atomic E-state index is -0.0625. The topological polar surface area (TPSA) is 64.9 Å². The zero-order valence-corrected chi connectivity index (χ0v) is 9.94. The number of benzene rings is 1. The molecule has 0 aliphatic heterocycles. The van der Waals surface area contributed by atoms with E-state index in [0.29, 0.717) is 18.0 Å². The summed E-state index contributed by atoms with van der Waals surface area (Å²) in [6.07, 6.45) is 2.95. The van der Waals surface area contributed by atoms with Crippen LogP contribution < -0.4 is 10.9 Å². The number of nitrogens with one attached hydrogen (secondary N) is 2. The van der Waals surface area contributed by atoms with Crippen LogP contribution in [0.25, 0.3) is 0 Å². The van der Waals surface area contributed by atoms with E-state index < -0.39 is 0 Å². The van der Waals surface area contributed by atoms with E-state index in [1.54, 1.807) is 12.1 Å². The third-order valence-corrected chi connectivity index (χ3v) is 2.16. The molecule has 0 aromatic heterocycles. The van der Waals surface area contributed by atoms with Gasteiger partial charge in [0.25, 0.3) is 5.91 Å². The molecule has 0 spiro atoms. The number of carbonyl (C=O) groups is 1. The molecule has 1 aliphatic rings. The zero-order chi connectivity index (χ0) is 12.5. The Bertz CT molecular complexity index is 379. The molecule has 1 saturated carbocycles. The SMILES string of the molecule is CCC#N.O=C(NNC1CC1)c1ccccc1. The first-order valence-electron chi connectivity index (χ1n) is 5.75. The summed E-state index contributed by atoms with van der Waals surface area (Å²) < 4.78 is 0. The molecule has 2 N–H and O–H groups in total. The van der Waals surface area contributed by atoms with Gasteiger partial charge in [0.1, 0.15) is 0 Å². The van der Waals surface area contributed by atoms with Crippen LogP contribution in [-0.4, -0.2) is 11.9 Å². The summed E-state index contributed by atoms with van der Waals surface area (Å²) in [6.45, 7) is 1.82. The molecule has 0 bridgehead atoms. The molecule has 0 atom stereocenters. The van der Waals surface area contributed by atoms with Crippen molar-refractivity contribution >= 4 is 5.91 Å². The van der Waals surface area contributed by atoms with Gasteiger partial charge in [0.15, 0.2) is 0 Å². The predicted octanol–water partition coefficient (Wildman–Crippen LogP) is 2.00. The Hall–Kier alpha value is -1.86. The predicted molar refractivity (Wildman–Crippen MR) is 66.0 cm³/mol. The summed E-state index contributed by atoms with van der Waals surface area (Å²) in [4.78, 5) is 11.4. The van der Waals surface area contributed by atoms with Crippen LogP contribution in [0.15, 0.2) is 30.3 Å². The Morgan fingerprint density at radius 2 is 2.00 bits per heavy atom.